The van der Waals surface area contributed by atoms with Crippen LogP contribution >= 0.6 is 0 Å². The first kappa shape index (κ1) is 12.0. The van der Waals surface area contributed by atoms with Gasteiger partial charge in [-0.3, -0.25) is 4.79 Å². The second kappa shape index (κ2) is 5.25. The Balaban J connectivity index is 2.03. The molecule has 1 aromatic carbocycles. The van der Waals surface area contributed by atoms with Crippen LogP contribution in [0.2, 0.25) is 0 Å². The van der Waals surface area contributed by atoms with E-state index in [4.69, 9.17) is 0 Å². The lowest BCUT2D eigenvalue weighted by Crippen LogP contribution is -2.36. The molecule has 0 bridgehead atoms. The molecule has 1 aromatic rings. The number of hydrogen-bond donors (Lipinski definition) is 1. The first-order valence-electron chi connectivity index (χ1n) is 5.92. The minimum absolute atomic E-state index is 0.0491. The van der Waals surface area contributed by atoms with E-state index >= 15 is 0 Å². The fourth-order valence-electron chi connectivity index (χ4n) is 2.20. The summed E-state index contributed by atoms with van der Waals surface area (Å²) in [5.74, 6) is -1.84. The number of hydrogen-bond acceptors (Lipinski definition) is 1. The Morgan fingerprint density at radius 1 is 1.06 bits per heavy atom. The molecule has 1 aliphatic carbocycles. The topological polar surface area (TPSA) is 29.1 Å². The van der Waals surface area contributed by atoms with Gasteiger partial charge in [0.1, 0.15) is 11.6 Å². The van der Waals surface area contributed by atoms with Crippen LogP contribution in [0.3, 0.4) is 0 Å². The van der Waals surface area contributed by atoms with E-state index in [2.05, 4.69) is 5.32 Å². The third-order valence-corrected chi connectivity index (χ3v) is 3.07. The van der Waals surface area contributed by atoms with Crippen LogP contribution < -0.4 is 5.32 Å². The molecule has 0 saturated heterocycles. The highest BCUT2D eigenvalue weighted by molar-refractivity contribution is 5.94. The van der Waals surface area contributed by atoms with Gasteiger partial charge < -0.3 is 5.32 Å². The monoisotopic (exact) mass is 239 g/mol. The minimum Gasteiger partial charge on any atom is -0.349 e. The van der Waals surface area contributed by atoms with Crippen LogP contribution in [-0.4, -0.2) is 11.9 Å². The first-order chi connectivity index (χ1) is 8.15. The summed E-state index contributed by atoms with van der Waals surface area (Å²) < 4.78 is 25.9. The zero-order valence-corrected chi connectivity index (χ0v) is 9.51. The summed E-state index contributed by atoms with van der Waals surface area (Å²) >= 11 is 0. The SMILES string of the molecule is O=C(NC1CCCCC1)c1cc(F)cc(F)c1. The van der Waals surface area contributed by atoms with Gasteiger partial charge in [-0.05, 0) is 25.0 Å². The molecule has 1 amide bonds. The van der Waals surface area contributed by atoms with Crippen LogP contribution in [-0.2, 0) is 0 Å². The Kier molecular flexibility index (Phi) is 3.71. The molecule has 0 unspecified atom stereocenters. The molecule has 0 atom stereocenters. The van der Waals surface area contributed by atoms with Crippen LogP contribution in [0.5, 0.6) is 0 Å². The molecular weight excluding hydrogens is 224 g/mol. The lowest BCUT2D eigenvalue weighted by atomic mass is 9.95. The first-order valence-corrected chi connectivity index (χ1v) is 5.92. The van der Waals surface area contributed by atoms with Crippen molar-refractivity contribution >= 4 is 5.91 Å². The van der Waals surface area contributed by atoms with E-state index < -0.39 is 17.5 Å². The van der Waals surface area contributed by atoms with Gasteiger partial charge in [0, 0.05) is 17.7 Å². The molecule has 1 aliphatic rings. The maximum atomic E-state index is 12.9. The van der Waals surface area contributed by atoms with Crippen LogP contribution in [0, 0.1) is 11.6 Å². The fourth-order valence-corrected chi connectivity index (χ4v) is 2.20. The molecule has 4 heteroatoms. The van der Waals surface area contributed by atoms with E-state index in [1.165, 1.54) is 6.42 Å². The second-order valence-electron chi connectivity index (χ2n) is 4.47. The Morgan fingerprint density at radius 2 is 1.65 bits per heavy atom. The van der Waals surface area contributed by atoms with Gasteiger partial charge in [-0.1, -0.05) is 19.3 Å². The summed E-state index contributed by atoms with van der Waals surface area (Å²) in [6.45, 7) is 0. The van der Waals surface area contributed by atoms with Gasteiger partial charge in [-0.25, -0.2) is 8.78 Å². The Morgan fingerprint density at radius 3 is 2.24 bits per heavy atom. The summed E-state index contributed by atoms with van der Waals surface area (Å²) in [6, 6.07) is 3.02. The number of amides is 1. The molecule has 92 valence electrons. The zero-order chi connectivity index (χ0) is 12.3. The Labute approximate surface area is 99.0 Å². The number of carbonyl (C=O) groups excluding carboxylic acids is 1. The maximum absolute atomic E-state index is 12.9. The predicted molar refractivity (Wildman–Crippen MR) is 60.7 cm³/mol. The van der Waals surface area contributed by atoms with Gasteiger partial charge in [-0.15, -0.1) is 0 Å². The molecule has 2 rings (SSSR count). The molecule has 2 nitrogen and oxygen atoms in total. The average Bonchev–Trinajstić information content (AvgIpc) is 2.29. The molecule has 17 heavy (non-hydrogen) atoms. The molecule has 0 spiro atoms. The largest absolute Gasteiger partial charge is 0.349 e. The standard InChI is InChI=1S/C13H15F2NO/c14-10-6-9(7-11(15)8-10)13(17)16-12-4-2-1-3-5-12/h6-8,12H,1-5H2,(H,16,17). The predicted octanol–water partition coefficient (Wildman–Crippen LogP) is 3.03. The number of halogens is 2. The van der Waals surface area contributed by atoms with Gasteiger partial charge in [0.15, 0.2) is 0 Å². The molecule has 0 aromatic heterocycles. The van der Waals surface area contributed by atoms with Crippen molar-refractivity contribution in [3.05, 3.63) is 35.4 Å². The van der Waals surface area contributed by atoms with Crippen molar-refractivity contribution < 1.29 is 13.6 Å². The van der Waals surface area contributed by atoms with Crippen LogP contribution in [0.15, 0.2) is 18.2 Å². The number of rotatable bonds is 2. The van der Waals surface area contributed by atoms with Crippen molar-refractivity contribution in [2.24, 2.45) is 0 Å². The van der Waals surface area contributed by atoms with Crippen molar-refractivity contribution in [2.45, 2.75) is 38.1 Å². The lowest BCUT2D eigenvalue weighted by molar-refractivity contribution is 0.0926. The maximum Gasteiger partial charge on any atom is 0.251 e. The Bertz CT molecular complexity index is 394. The van der Waals surface area contributed by atoms with E-state index in [1.807, 2.05) is 0 Å². The van der Waals surface area contributed by atoms with Crippen molar-refractivity contribution in [2.75, 3.05) is 0 Å². The zero-order valence-electron chi connectivity index (χ0n) is 9.51. The molecule has 0 radical (unpaired) electrons. The van der Waals surface area contributed by atoms with E-state index in [0.29, 0.717) is 0 Å². The van der Waals surface area contributed by atoms with E-state index in [1.54, 1.807) is 0 Å². The molecular formula is C13H15F2NO. The van der Waals surface area contributed by atoms with Gasteiger partial charge in [-0.2, -0.15) is 0 Å². The van der Waals surface area contributed by atoms with Crippen LogP contribution in [0.1, 0.15) is 42.5 Å². The van der Waals surface area contributed by atoms with Crippen LogP contribution in [0.4, 0.5) is 8.78 Å². The average molecular weight is 239 g/mol. The van der Waals surface area contributed by atoms with E-state index in [0.717, 1.165) is 43.9 Å². The molecule has 1 fully saturated rings. The quantitative estimate of drug-likeness (QED) is 0.844. The summed E-state index contributed by atoms with van der Waals surface area (Å²) in [7, 11) is 0. The lowest BCUT2D eigenvalue weighted by Gasteiger charge is -2.22. The summed E-state index contributed by atoms with van der Waals surface area (Å²) in [5.41, 5.74) is 0.0491. The highest BCUT2D eigenvalue weighted by Crippen LogP contribution is 2.18. The smallest absolute Gasteiger partial charge is 0.251 e. The molecule has 1 N–H and O–H groups in total. The summed E-state index contributed by atoms with van der Waals surface area (Å²) in [6.07, 6.45) is 5.29. The van der Waals surface area contributed by atoms with Crippen molar-refractivity contribution in [3.63, 3.8) is 0 Å². The summed E-state index contributed by atoms with van der Waals surface area (Å²) in [5, 5.41) is 2.82. The third-order valence-electron chi connectivity index (χ3n) is 3.07. The third kappa shape index (κ3) is 3.25. The fraction of sp³-hybridized carbons (Fsp3) is 0.462. The van der Waals surface area contributed by atoms with Gasteiger partial charge in [0.25, 0.3) is 5.91 Å². The second-order valence-corrected chi connectivity index (χ2v) is 4.47. The van der Waals surface area contributed by atoms with E-state index in [-0.39, 0.29) is 11.6 Å². The Hall–Kier alpha value is -1.45. The van der Waals surface area contributed by atoms with Crippen LogP contribution in [0.25, 0.3) is 0 Å². The number of nitrogens with one attached hydrogen (secondary N) is 1. The minimum atomic E-state index is -0.723. The molecule has 0 aliphatic heterocycles. The van der Waals surface area contributed by atoms with Crippen molar-refractivity contribution in [1.82, 2.24) is 5.32 Å². The number of benzene rings is 1. The molecule has 1 saturated carbocycles. The van der Waals surface area contributed by atoms with Crippen molar-refractivity contribution in [1.29, 1.82) is 0 Å². The highest BCUT2D eigenvalue weighted by atomic mass is 19.1. The number of carbonyl (C=O) groups is 1. The van der Waals surface area contributed by atoms with Gasteiger partial charge in [0.2, 0.25) is 0 Å². The van der Waals surface area contributed by atoms with Crippen molar-refractivity contribution in [3.8, 4) is 0 Å². The van der Waals surface area contributed by atoms with Gasteiger partial charge in [0.05, 0.1) is 0 Å². The normalized spacial score (nSPS) is 16.8. The summed E-state index contributed by atoms with van der Waals surface area (Å²) in [4.78, 5) is 11.8. The molecule has 0 heterocycles. The van der Waals surface area contributed by atoms with E-state index in [9.17, 15) is 13.6 Å². The van der Waals surface area contributed by atoms with Gasteiger partial charge >= 0.3 is 0 Å². The highest BCUT2D eigenvalue weighted by Gasteiger charge is 2.17.